The van der Waals surface area contributed by atoms with E-state index >= 15 is 0 Å². The first-order chi connectivity index (χ1) is 7.42. The molecule has 2 heteroatoms. The highest BCUT2D eigenvalue weighted by molar-refractivity contribution is 6.09. The summed E-state index contributed by atoms with van der Waals surface area (Å²) in [6.45, 7) is 0. The van der Waals surface area contributed by atoms with E-state index in [-0.39, 0.29) is 0 Å². The Hall–Kier alpha value is -2.18. The minimum atomic E-state index is 0.705. The lowest BCUT2D eigenvalue weighted by molar-refractivity contribution is -0.117. The molecule has 2 rings (SSSR count). The molecule has 0 aliphatic rings. The summed E-state index contributed by atoms with van der Waals surface area (Å²) < 4.78 is 0. The van der Waals surface area contributed by atoms with Crippen molar-refractivity contribution < 1.29 is 4.79 Å². The van der Waals surface area contributed by atoms with E-state index in [2.05, 4.69) is 4.79 Å². The van der Waals surface area contributed by atoms with Crippen molar-refractivity contribution in [3.8, 4) is 0 Å². The van der Waals surface area contributed by atoms with E-state index in [9.17, 15) is 0 Å². The molecule has 0 heterocycles. The SMILES string of the molecule is N=[N+]=C(c1ccccc1)c1ccccc1. The highest BCUT2D eigenvalue weighted by Gasteiger charge is 2.16. The second-order valence-corrected chi connectivity index (χ2v) is 3.19. The standard InChI is InChI=1S/C13H11N2/c14-15-13(11-7-3-1-4-8-11)12-9-5-2-6-10-12/h1-10,14H/q+1. The summed E-state index contributed by atoms with van der Waals surface area (Å²) in [6.07, 6.45) is 0. The van der Waals surface area contributed by atoms with Gasteiger partial charge in [-0.05, 0) is 24.3 Å². The average molecular weight is 195 g/mol. The van der Waals surface area contributed by atoms with Crippen molar-refractivity contribution in [2.24, 2.45) is 0 Å². The molecule has 2 aromatic carbocycles. The van der Waals surface area contributed by atoms with Crippen molar-refractivity contribution in [3.63, 3.8) is 0 Å². The van der Waals surface area contributed by atoms with Gasteiger partial charge in [-0.2, -0.15) is 0 Å². The first-order valence-electron chi connectivity index (χ1n) is 4.77. The van der Waals surface area contributed by atoms with Gasteiger partial charge in [0.1, 0.15) is 0 Å². The maximum Gasteiger partial charge on any atom is 0.379 e. The van der Waals surface area contributed by atoms with Crippen molar-refractivity contribution >= 4 is 5.71 Å². The second kappa shape index (κ2) is 4.36. The van der Waals surface area contributed by atoms with Crippen LogP contribution in [0.4, 0.5) is 0 Å². The zero-order valence-electron chi connectivity index (χ0n) is 8.22. The third-order valence-corrected chi connectivity index (χ3v) is 2.21. The molecule has 15 heavy (non-hydrogen) atoms. The van der Waals surface area contributed by atoms with Gasteiger partial charge in [0.15, 0.2) is 0 Å². The fourth-order valence-electron chi connectivity index (χ4n) is 1.49. The fraction of sp³-hybridized carbons (Fsp3) is 0. The average Bonchev–Trinajstić information content (AvgIpc) is 2.33. The van der Waals surface area contributed by atoms with Crippen LogP contribution in [0.5, 0.6) is 0 Å². The normalized spacial score (nSPS) is 9.33. The Morgan fingerprint density at radius 1 is 0.733 bits per heavy atom. The number of benzene rings is 2. The van der Waals surface area contributed by atoms with E-state index in [4.69, 9.17) is 5.53 Å². The van der Waals surface area contributed by atoms with Crippen LogP contribution in [0.25, 0.3) is 0 Å². The van der Waals surface area contributed by atoms with Gasteiger partial charge in [-0.15, -0.1) is 0 Å². The molecule has 0 fully saturated rings. The highest BCUT2D eigenvalue weighted by Crippen LogP contribution is 2.07. The number of hydrogen-bond acceptors (Lipinski definition) is 1. The maximum atomic E-state index is 7.22. The fourth-order valence-corrected chi connectivity index (χ4v) is 1.49. The van der Waals surface area contributed by atoms with Crippen LogP contribution in [0.15, 0.2) is 60.7 Å². The van der Waals surface area contributed by atoms with Gasteiger partial charge in [-0.25, -0.2) is 0 Å². The summed E-state index contributed by atoms with van der Waals surface area (Å²) in [5.41, 5.74) is 9.87. The number of hydrogen-bond donors (Lipinski definition) is 1. The zero-order chi connectivity index (χ0) is 10.5. The van der Waals surface area contributed by atoms with Crippen LogP contribution in [0.1, 0.15) is 11.1 Å². The van der Waals surface area contributed by atoms with Gasteiger partial charge in [0.25, 0.3) is 0 Å². The Bertz CT molecular complexity index is 441. The van der Waals surface area contributed by atoms with Gasteiger partial charge in [0.05, 0.1) is 21.4 Å². The molecular formula is C13H11N2+. The predicted molar refractivity (Wildman–Crippen MR) is 59.1 cm³/mol. The first kappa shape index (κ1) is 9.38. The molecule has 72 valence electrons. The summed E-state index contributed by atoms with van der Waals surface area (Å²) in [5, 5.41) is 0. The molecule has 0 atom stereocenters. The van der Waals surface area contributed by atoms with Crippen molar-refractivity contribution in [1.82, 2.24) is 0 Å². The third-order valence-electron chi connectivity index (χ3n) is 2.21. The lowest BCUT2D eigenvalue weighted by Gasteiger charge is -1.93. The third kappa shape index (κ3) is 2.01. The van der Waals surface area contributed by atoms with Crippen LogP contribution in [-0.4, -0.2) is 10.5 Å². The Morgan fingerprint density at radius 2 is 1.13 bits per heavy atom. The van der Waals surface area contributed by atoms with E-state index in [0.29, 0.717) is 5.71 Å². The zero-order valence-corrected chi connectivity index (χ0v) is 8.22. The van der Waals surface area contributed by atoms with Crippen LogP contribution in [-0.2, 0) is 0 Å². The Labute approximate surface area is 88.4 Å². The molecule has 0 saturated carbocycles. The molecule has 0 unspecified atom stereocenters. The number of nitrogens with zero attached hydrogens (tertiary/aromatic N) is 1. The van der Waals surface area contributed by atoms with Crippen LogP contribution in [0.3, 0.4) is 0 Å². The van der Waals surface area contributed by atoms with Crippen molar-refractivity contribution in [3.05, 3.63) is 71.8 Å². The lowest BCUT2D eigenvalue weighted by atomic mass is 10.0. The van der Waals surface area contributed by atoms with Crippen molar-refractivity contribution in [2.75, 3.05) is 0 Å². The Morgan fingerprint density at radius 3 is 1.47 bits per heavy atom. The van der Waals surface area contributed by atoms with Gasteiger partial charge in [-0.3, -0.25) is 0 Å². The number of rotatable bonds is 2. The molecular weight excluding hydrogens is 184 g/mol. The van der Waals surface area contributed by atoms with E-state index in [1.54, 1.807) is 0 Å². The van der Waals surface area contributed by atoms with Gasteiger partial charge in [0.2, 0.25) is 0 Å². The topological polar surface area (TPSA) is 38.0 Å². The summed E-state index contributed by atoms with van der Waals surface area (Å²) in [4.78, 5) is 3.60. The predicted octanol–water partition coefficient (Wildman–Crippen LogP) is 2.76. The van der Waals surface area contributed by atoms with Gasteiger partial charge in [-0.1, -0.05) is 36.4 Å². The van der Waals surface area contributed by atoms with E-state index in [1.165, 1.54) is 0 Å². The smallest absolute Gasteiger partial charge is 0.0622 e. The molecule has 1 N–H and O–H groups in total. The monoisotopic (exact) mass is 195 g/mol. The van der Waals surface area contributed by atoms with E-state index in [1.807, 2.05) is 60.7 Å². The van der Waals surface area contributed by atoms with Gasteiger partial charge >= 0.3 is 5.71 Å². The van der Waals surface area contributed by atoms with Crippen LogP contribution >= 0.6 is 0 Å². The first-order valence-corrected chi connectivity index (χ1v) is 4.77. The molecule has 0 radical (unpaired) electrons. The van der Waals surface area contributed by atoms with Gasteiger partial charge in [0, 0.05) is 0 Å². The molecule has 2 aromatic rings. The summed E-state index contributed by atoms with van der Waals surface area (Å²) in [6, 6.07) is 19.5. The molecule has 0 aromatic heterocycles. The summed E-state index contributed by atoms with van der Waals surface area (Å²) in [7, 11) is 0. The Kier molecular flexibility index (Phi) is 2.72. The minimum Gasteiger partial charge on any atom is -0.0622 e. The molecule has 0 aliphatic carbocycles. The van der Waals surface area contributed by atoms with E-state index in [0.717, 1.165) is 11.1 Å². The molecule has 0 bridgehead atoms. The quantitative estimate of drug-likeness (QED) is 0.435. The highest BCUT2D eigenvalue weighted by atomic mass is 14.9. The maximum absolute atomic E-state index is 7.22. The minimum absolute atomic E-state index is 0.705. The molecule has 0 spiro atoms. The summed E-state index contributed by atoms with van der Waals surface area (Å²) >= 11 is 0. The molecule has 0 saturated heterocycles. The van der Waals surface area contributed by atoms with Crippen molar-refractivity contribution in [1.29, 1.82) is 5.53 Å². The van der Waals surface area contributed by atoms with Crippen molar-refractivity contribution in [2.45, 2.75) is 0 Å². The Balaban J connectivity index is 2.48. The second-order valence-electron chi connectivity index (χ2n) is 3.19. The molecule has 0 amide bonds. The molecule has 2 nitrogen and oxygen atoms in total. The van der Waals surface area contributed by atoms with Crippen LogP contribution in [0.2, 0.25) is 0 Å². The largest absolute Gasteiger partial charge is 0.379 e. The number of nitrogens with one attached hydrogen (secondary N) is 1. The lowest BCUT2D eigenvalue weighted by Crippen LogP contribution is -2.03. The van der Waals surface area contributed by atoms with Gasteiger partial charge < -0.3 is 0 Å². The summed E-state index contributed by atoms with van der Waals surface area (Å²) in [5.74, 6) is 0. The van der Waals surface area contributed by atoms with E-state index < -0.39 is 0 Å². The molecule has 0 aliphatic heterocycles. The van der Waals surface area contributed by atoms with Crippen LogP contribution in [0, 0.1) is 5.53 Å². The van der Waals surface area contributed by atoms with Crippen LogP contribution < -0.4 is 0 Å².